The molecule has 0 radical (unpaired) electrons. The van der Waals surface area contributed by atoms with Gasteiger partial charge in [-0.1, -0.05) is 20.8 Å². The number of aryl methyl sites for hydroxylation is 1. The van der Waals surface area contributed by atoms with Crippen LogP contribution in [0.5, 0.6) is 5.88 Å². The summed E-state index contributed by atoms with van der Waals surface area (Å²) in [5.74, 6) is 1.63. The van der Waals surface area contributed by atoms with Gasteiger partial charge in [0.15, 0.2) is 0 Å². The molecule has 1 fully saturated rings. The summed E-state index contributed by atoms with van der Waals surface area (Å²) < 4.78 is 5.48. The molecule has 23 heavy (non-hydrogen) atoms. The highest BCUT2D eigenvalue weighted by Gasteiger charge is 2.56. The number of aliphatic hydroxyl groups is 2. The van der Waals surface area contributed by atoms with Crippen LogP contribution in [-0.2, 0) is 11.8 Å². The fraction of sp³-hybridized carbons (Fsp3) is 0.667. The Morgan fingerprint density at radius 2 is 1.96 bits per heavy atom. The topological polar surface area (TPSA) is 75.5 Å². The van der Waals surface area contributed by atoms with E-state index >= 15 is 0 Å². The molecule has 5 heteroatoms. The van der Waals surface area contributed by atoms with Crippen LogP contribution in [0.2, 0.25) is 0 Å². The number of aromatic nitrogens is 2. The van der Waals surface area contributed by atoms with Gasteiger partial charge in [0.25, 0.3) is 0 Å². The van der Waals surface area contributed by atoms with Crippen LogP contribution in [-0.4, -0.2) is 33.4 Å². The number of aliphatic hydroxyl groups excluding tert-OH is 2. The number of hydrogen-bond donors (Lipinski definition) is 2. The maximum atomic E-state index is 10.7. The smallest absolute Gasteiger partial charge is 0.219 e. The molecule has 3 rings (SSSR count). The lowest BCUT2D eigenvalue weighted by atomic mass is 9.49. The molecule has 1 heterocycles. The first-order chi connectivity index (χ1) is 10.8. The fourth-order valence-electron chi connectivity index (χ4n) is 4.91. The molecular weight excluding hydrogens is 292 g/mol. The number of nitrogens with zero attached hydrogens (tertiary/aromatic N) is 2. The van der Waals surface area contributed by atoms with E-state index in [9.17, 15) is 10.2 Å². The molecule has 0 bridgehead atoms. The molecule has 0 aromatic carbocycles. The van der Waals surface area contributed by atoms with Crippen molar-refractivity contribution in [1.82, 2.24) is 9.97 Å². The van der Waals surface area contributed by atoms with Crippen LogP contribution in [0.3, 0.4) is 0 Å². The summed E-state index contributed by atoms with van der Waals surface area (Å²) in [6.45, 7) is 8.24. The molecule has 2 N–H and O–H groups in total. The maximum absolute atomic E-state index is 10.7. The Balaban J connectivity index is 2.22. The first kappa shape index (κ1) is 16.2. The minimum Gasteiger partial charge on any atom is -0.516 e. The predicted octanol–water partition coefficient (Wildman–Crippen LogP) is 2.85. The molecule has 1 aromatic rings. The number of methoxy groups -OCH3 is 1. The van der Waals surface area contributed by atoms with Crippen LogP contribution in [0.25, 0.3) is 0 Å². The molecule has 3 atom stereocenters. The molecule has 2 aliphatic carbocycles. The van der Waals surface area contributed by atoms with Crippen LogP contribution < -0.4 is 4.74 Å². The minimum atomic E-state index is -0.628. The van der Waals surface area contributed by atoms with Gasteiger partial charge in [-0.05, 0) is 43.1 Å². The molecule has 0 aliphatic heterocycles. The maximum Gasteiger partial charge on any atom is 0.219 e. The standard InChI is InChI=1S/C18H26N2O3/c1-10-19-14-12(16(20-10)23-5)6-7-13-17(2,3)15(22)11(9-21)8-18(13,14)4/h9,13,15,21-22H,6-8H2,1-5H3/b11-9-/t13-,15?,18-/m0/s1. The van der Waals surface area contributed by atoms with Gasteiger partial charge >= 0.3 is 0 Å². The van der Waals surface area contributed by atoms with Crippen molar-refractivity contribution in [2.75, 3.05) is 7.11 Å². The largest absolute Gasteiger partial charge is 0.516 e. The zero-order valence-electron chi connectivity index (χ0n) is 14.6. The van der Waals surface area contributed by atoms with Crippen molar-refractivity contribution in [3.8, 4) is 5.88 Å². The summed E-state index contributed by atoms with van der Waals surface area (Å²) >= 11 is 0. The van der Waals surface area contributed by atoms with Crippen molar-refractivity contribution < 1.29 is 14.9 Å². The first-order valence-electron chi connectivity index (χ1n) is 8.19. The van der Waals surface area contributed by atoms with Gasteiger partial charge < -0.3 is 14.9 Å². The third kappa shape index (κ3) is 2.17. The monoisotopic (exact) mass is 318 g/mol. The second-order valence-corrected chi connectivity index (χ2v) is 7.72. The van der Waals surface area contributed by atoms with E-state index in [1.54, 1.807) is 7.11 Å². The molecule has 1 unspecified atom stereocenters. The first-order valence-corrected chi connectivity index (χ1v) is 8.19. The van der Waals surface area contributed by atoms with Crippen molar-refractivity contribution in [2.45, 2.75) is 58.5 Å². The lowest BCUT2D eigenvalue weighted by Gasteiger charge is -2.56. The average molecular weight is 318 g/mol. The lowest BCUT2D eigenvalue weighted by molar-refractivity contribution is -0.0422. The summed E-state index contributed by atoms with van der Waals surface area (Å²) in [5.41, 5.74) is 2.19. The van der Waals surface area contributed by atoms with Crippen LogP contribution >= 0.6 is 0 Å². The molecule has 1 aromatic heterocycles. The number of hydrogen-bond acceptors (Lipinski definition) is 5. The van der Waals surface area contributed by atoms with E-state index in [-0.39, 0.29) is 16.7 Å². The molecule has 126 valence electrons. The van der Waals surface area contributed by atoms with Gasteiger partial charge in [-0.2, -0.15) is 4.98 Å². The average Bonchev–Trinajstić information content (AvgIpc) is 2.51. The summed E-state index contributed by atoms with van der Waals surface area (Å²) in [6, 6.07) is 0. The number of fused-ring (bicyclic) bond motifs is 3. The lowest BCUT2D eigenvalue weighted by Crippen LogP contribution is -2.55. The van der Waals surface area contributed by atoms with E-state index in [2.05, 4.69) is 25.8 Å². The summed E-state index contributed by atoms with van der Waals surface area (Å²) in [6.07, 6.45) is 2.86. The van der Waals surface area contributed by atoms with Crippen molar-refractivity contribution >= 4 is 0 Å². The third-order valence-corrected chi connectivity index (χ3v) is 5.96. The Labute approximate surface area is 137 Å². The van der Waals surface area contributed by atoms with Gasteiger partial charge in [-0.25, -0.2) is 4.98 Å². The molecule has 5 nitrogen and oxygen atoms in total. The minimum absolute atomic E-state index is 0.244. The zero-order valence-corrected chi connectivity index (χ0v) is 14.6. The van der Waals surface area contributed by atoms with E-state index in [1.165, 1.54) is 0 Å². The predicted molar refractivity (Wildman–Crippen MR) is 87.6 cm³/mol. The van der Waals surface area contributed by atoms with E-state index in [1.807, 2.05) is 6.92 Å². The van der Waals surface area contributed by atoms with Gasteiger partial charge in [-0.3, -0.25) is 0 Å². The molecular formula is C18H26N2O3. The van der Waals surface area contributed by atoms with Crippen LogP contribution in [0.15, 0.2) is 11.8 Å². The molecule has 0 amide bonds. The Morgan fingerprint density at radius 1 is 1.26 bits per heavy atom. The fourth-order valence-corrected chi connectivity index (χ4v) is 4.91. The molecule has 0 saturated heterocycles. The number of rotatable bonds is 1. The van der Waals surface area contributed by atoms with Gasteiger partial charge in [-0.15, -0.1) is 0 Å². The highest BCUT2D eigenvalue weighted by Crippen LogP contribution is 2.58. The van der Waals surface area contributed by atoms with Gasteiger partial charge in [0.1, 0.15) is 5.82 Å². The Hall–Kier alpha value is -1.62. The van der Waals surface area contributed by atoms with E-state index in [4.69, 9.17) is 9.72 Å². The normalized spacial score (nSPS) is 33.9. The Morgan fingerprint density at radius 3 is 2.57 bits per heavy atom. The highest BCUT2D eigenvalue weighted by molar-refractivity contribution is 5.42. The summed E-state index contributed by atoms with van der Waals surface area (Å²) in [4.78, 5) is 9.17. The molecule has 0 spiro atoms. The van der Waals surface area contributed by atoms with Gasteiger partial charge in [0.05, 0.1) is 25.2 Å². The Kier molecular flexibility index (Phi) is 3.67. The summed E-state index contributed by atoms with van der Waals surface area (Å²) in [7, 11) is 1.64. The van der Waals surface area contributed by atoms with Gasteiger partial charge in [0, 0.05) is 11.0 Å². The highest BCUT2D eigenvalue weighted by atomic mass is 16.5. The summed E-state index contributed by atoms with van der Waals surface area (Å²) in [5, 5.41) is 20.3. The van der Waals surface area contributed by atoms with Crippen molar-refractivity contribution in [1.29, 1.82) is 0 Å². The van der Waals surface area contributed by atoms with E-state index in [0.29, 0.717) is 23.7 Å². The van der Waals surface area contributed by atoms with Crippen LogP contribution in [0, 0.1) is 18.3 Å². The van der Waals surface area contributed by atoms with E-state index in [0.717, 1.165) is 30.4 Å². The van der Waals surface area contributed by atoms with E-state index < -0.39 is 6.10 Å². The van der Waals surface area contributed by atoms with Crippen LogP contribution in [0.4, 0.5) is 0 Å². The van der Waals surface area contributed by atoms with Crippen LogP contribution in [0.1, 0.15) is 50.7 Å². The Bertz CT molecular complexity index is 668. The third-order valence-electron chi connectivity index (χ3n) is 5.96. The quantitative estimate of drug-likeness (QED) is 0.779. The second-order valence-electron chi connectivity index (χ2n) is 7.72. The number of ether oxygens (including phenoxy) is 1. The van der Waals surface area contributed by atoms with Gasteiger partial charge in [0.2, 0.25) is 5.88 Å². The zero-order chi connectivity index (χ0) is 17.0. The van der Waals surface area contributed by atoms with Crippen molar-refractivity contribution in [3.05, 3.63) is 28.9 Å². The molecule has 2 aliphatic rings. The van der Waals surface area contributed by atoms with Crippen molar-refractivity contribution in [3.63, 3.8) is 0 Å². The SMILES string of the molecule is COc1nc(C)nc2c1CC[C@H]1C(C)(C)C(O)/C(=C\O)C[C@]21C. The second kappa shape index (κ2) is 5.20. The van der Waals surface area contributed by atoms with Crippen molar-refractivity contribution in [2.24, 2.45) is 11.3 Å². The molecule has 1 saturated carbocycles.